The Labute approximate surface area is 146 Å². The van der Waals surface area contributed by atoms with Gasteiger partial charge in [-0.1, -0.05) is 0 Å². The van der Waals surface area contributed by atoms with Crippen molar-refractivity contribution in [2.45, 2.75) is 13.2 Å². The van der Waals surface area contributed by atoms with Crippen molar-refractivity contribution >= 4 is 47.8 Å². The lowest BCUT2D eigenvalue weighted by Crippen LogP contribution is -2.04. The molecule has 0 unspecified atom stereocenters. The molecule has 0 aliphatic heterocycles. The summed E-state index contributed by atoms with van der Waals surface area (Å²) in [6, 6.07) is 6.10. The number of hydrogen-bond donors (Lipinski definition) is 1. The van der Waals surface area contributed by atoms with Gasteiger partial charge < -0.3 is 10.5 Å². The molecule has 0 fully saturated rings. The molecule has 2 N–H and O–H groups in total. The van der Waals surface area contributed by atoms with E-state index in [2.05, 4.69) is 47.8 Å². The van der Waals surface area contributed by atoms with E-state index in [4.69, 9.17) is 10.5 Å². The van der Waals surface area contributed by atoms with Crippen molar-refractivity contribution in [1.82, 2.24) is 0 Å². The number of ether oxygens (including phenoxy) is 1. The molecular formula is C14H10Br3F2NO. The summed E-state index contributed by atoms with van der Waals surface area (Å²) < 4.78 is 34.6. The predicted octanol–water partition coefficient (Wildman–Crippen LogP) is 5.29. The Kier molecular flexibility index (Phi) is 5.76. The average Bonchev–Trinajstić information content (AvgIpc) is 2.45. The molecule has 0 aliphatic rings. The van der Waals surface area contributed by atoms with Gasteiger partial charge in [-0.3, -0.25) is 0 Å². The van der Waals surface area contributed by atoms with Crippen molar-refractivity contribution in [3.8, 4) is 5.75 Å². The first-order chi connectivity index (χ1) is 9.93. The molecule has 0 atom stereocenters. The van der Waals surface area contributed by atoms with Gasteiger partial charge in [0.15, 0.2) is 0 Å². The Bertz CT molecular complexity index is 657. The van der Waals surface area contributed by atoms with E-state index in [0.717, 1.165) is 5.56 Å². The molecule has 0 bridgehead atoms. The summed E-state index contributed by atoms with van der Waals surface area (Å²) in [6.45, 7) is 0.155. The molecule has 2 nitrogen and oxygen atoms in total. The molecule has 2 aromatic rings. The summed E-state index contributed by atoms with van der Waals surface area (Å²) in [5.41, 5.74) is 6.34. The molecule has 0 aliphatic carbocycles. The molecule has 2 aromatic carbocycles. The fourth-order valence-corrected chi connectivity index (χ4v) is 3.60. The molecular weight excluding hydrogens is 476 g/mol. The number of halogens is 5. The molecule has 7 heteroatoms. The van der Waals surface area contributed by atoms with E-state index in [1.54, 1.807) is 12.1 Å². The van der Waals surface area contributed by atoms with Gasteiger partial charge in [-0.25, -0.2) is 8.78 Å². The van der Waals surface area contributed by atoms with Crippen LogP contribution in [-0.2, 0) is 13.2 Å². The van der Waals surface area contributed by atoms with Crippen LogP contribution in [0.25, 0.3) is 0 Å². The van der Waals surface area contributed by atoms with Gasteiger partial charge in [-0.15, -0.1) is 0 Å². The minimum absolute atomic E-state index is 0.133. The van der Waals surface area contributed by atoms with E-state index in [0.29, 0.717) is 21.2 Å². The molecule has 0 saturated carbocycles. The van der Waals surface area contributed by atoms with Gasteiger partial charge in [0.1, 0.15) is 24.0 Å². The van der Waals surface area contributed by atoms with Crippen LogP contribution in [0.5, 0.6) is 5.75 Å². The average molecular weight is 486 g/mol. The van der Waals surface area contributed by atoms with Crippen LogP contribution in [0.15, 0.2) is 37.7 Å². The van der Waals surface area contributed by atoms with E-state index in [9.17, 15) is 8.78 Å². The first-order valence-corrected chi connectivity index (χ1v) is 8.25. The van der Waals surface area contributed by atoms with Gasteiger partial charge in [0.25, 0.3) is 0 Å². The highest BCUT2D eigenvalue weighted by molar-refractivity contribution is 9.11. The molecule has 0 spiro atoms. The highest BCUT2D eigenvalue weighted by Gasteiger charge is 2.15. The van der Waals surface area contributed by atoms with Crippen molar-refractivity contribution in [2.24, 2.45) is 5.73 Å². The van der Waals surface area contributed by atoms with Crippen LogP contribution in [-0.4, -0.2) is 0 Å². The maximum atomic E-state index is 13.9. The van der Waals surface area contributed by atoms with Crippen LogP contribution in [0.2, 0.25) is 0 Å². The lowest BCUT2D eigenvalue weighted by atomic mass is 10.2. The molecule has 0 amide bonds. The van der Waals surface area contributed by atoms with Gasteiger partial charge in [-0.2, -0.15) is 0 Å². The second kappa shape index (κ2) is 7.17. The van der Waals surface area contributed by atoms with Crippen LogP contribution in [0, 0.1) is 11.6 Å². The normalized spacial score (nSPS) is 10.8. The Morgan fingerprint density at radius 1 is 1.00 bits per heavy atom. The molecule has 0 radical (unpaired) electrons. The van der Waals surface area contributed by atoms with E-state index < -0.39 is 11.6 Å². The largest absolute Gasteiger partial charge is 0.486 e. The van der Waals surface area contributed by atoms with Gasteiger partial charge in [-0.05, 0) is 77.6 Å². The fraction of sp³-hybridized carbons (Fsp3) is 0.143. The van der Waals surface area contributed by atoms with Crippen LogP contribution in [0.3, 0.4) is 0 Å². The van der Waals surface area contributed by atoms with Gasteiger partial charge in [0.05, 0.1) is 19.0 Å². The fourth-order valence-electron chi connectivity index (χ4n) is 1.71. The number of nitrogens with two attached hydrogens (primary N) is 1. The number of benzene rings is 2. The Balaban J connectivity index is 2.27. The minimum Gasteiger partial charge on any atom is -0.486 e. The summed E-state index contributed by atoms with van der Waals surface area (Å²) in [6.07, 6.45) is 0. The molecule has 112 valence electrons. The standard InChI is InChI=1S/C14H10Br3F2NO/c15-9-1-2-12(18)8(13(9)19)6-21-14-10(16)3-7(5-20)4-11(14)17/h1-4H,5-6,20H2. The monoisotopic (exact) mass is 483 g/mol. The summed E-state index contributed by atoms with van der Waals surface area (Å²) in [5.74, 6) is -0.853. The van der Waals surface area contributed by atoms with Crippen molar-refractivity contribution in [1.29, 1.82) is 0 Å². The maximum absolute atomic E-state index is 13.9. The van der Waals surface area contributed by atoms with E-state index in [1.165, 1.54) is 12.1 Å². The van der Waals surface area contributed by atoms with Gasteiger partial charge >= 0.3 is 0 Å². The summed E-state index contributed by atoms with van der Waals surface area (Å²) in [5, 5.41) is 0. The van der Waals surface area contributed by atoms with E-state index in [-0.39, 0.29) is 16.6 Å². The predicted molar refractivity (Wildman–Crippen MR) is 88.1 cm³/mol. The Hall–Kier alpha value is -0.500. The van der Waals surface area contributed by atoms with Crippen LogP contribution in [0.4, 0.5) is 8.78 Å². The third-order valence-corrected chi connectivity index (χ3v) is 4.58. The summed E-state index contributed by atoms with van der Waals surface area (Å²) >= 11 is 9.74. The van der Waals surface area contributed by atoms with Crippen molar-refractivity contribution in [3.63, 3.8) is 0 Å². The van der Waals surface area contributed by atoms with Crippen LogP contribution in [0.1, 0.15) is 11.1 Å². The lowest BCUT2D eigenvalue weighted by Gasteiger charge is -2.13. The molecule has 21 heavy (non-hydrogen) atoms. The zero-order valence-corrected chi connectivity index (χ0v) is 15.4. The number of rotatable bonds is 4. The Morgan fingerprint density at radius 3 is 2.19 bits per heavy atom. The first kappa shape index (κ1) is 16.9. The number of hydrogen-bond acceptors (Lipinski definition) is 2. The van der Waals surface area contributed by atoms with Crippen molar-refractivity contribution in [3.05, 3.63) is 60.4 Å². The van der Waals surface area contributed by atoms with Crippen molar-refractivity contribution in [2.75, 3.05) is 0 Å². The highest BCUT2D eigenvalue weighted by Crippen LogP contribution is 2.35. The molecule has 0 heterocycles. The van der Waals surface area contributed by atoms with Crippen molar-refractivity contribution < 1.29 is 13.5 Å². The van der Waals surface area contributed by atoms with Crippen LogP contribution >= 0.6 is 47.8 Å². The summed E-state index contributed by atoms with van der Waals surface area (Å²) in [4.78, 5) is 0. The maximum Gasteiger partial charge on any atom is 0.148 e. The van der Waals surface area contributed by atoms with E-state index in [1.807, 2.05) is 0 Å². The third kappa shape index (κ3) is 3.83. The Morgan fingerprint density at radius 2 is 1.62 bits per heavy atom. The first-order valence-electron chi connectivity index (χ1n) is 5.87. The molecule has 0 aromatic heterocycles. The molecule has 2 rings (SSSR count). The van der Waals surface area contributed by atoms with Gasteiger partial charge in [0.2, 0.25) is 0 Å². The van der Waals surface area contributed by atoms with Crippen LogP contribution < -0.4 is 10.5 Å². The van der Waals surface area contributed by atoms with E-state index >= 15 is 0 Å². The quantitative estimate of drug-likeness (QED) is 0.597. The highest BCUT2D eigenvalue weighted by atomic mass is 79.9. The van der Waals surface area contributed by atoms with Gasteiger partial charge in [0, 0.05) is 6.54 Å². The third-order valence-electron chi connectivity index (χ3n) is 2.79. The topological polar surface area (TPSA) is 35.2 Å². The second-order valence-corrected chi connectivity index (χ2v) is 6.77. The SMILES string of the molecule is NCc1cc(Br)c(OCc2c(F)ccc(Br)c2F)c(Br)c1. The summed E-state index contributed by atoms with van der Waals surface area (Å²) in [7, 11) is 0. The molecule has 0 saturated heterocycles. The lowest BCUT2D eigenvalue weighted by molar-refractivity contribution is 0.288. The second-order valence-electron chi connectivity index (χ2n) is 4.20. The smallest absolute Gasteiger partial charge is 0.148 e. The zero-order chi connectivity index (χ0) is 15.6. The minimum atomic E-state index is -0.666. The zero-order valence-electron chi connectivity index (χ0n) is 10.6.